The topological polar surface area (TPSA) is 44.4 Å². The Bertz CT molecular complexity index is 289. The van der Waals surface area contributed by atoms with Gasteiger partial charge in [0.15, 0.2) is 0 Å². The maximum absolute atomic E-state index is 12.0. The van der Waals surface area contributed by atoms with E-state index >= 15 is 0 Å². The molecule has 0 aromatic rings. The predicted molar refractivity (Wildman–Crippen MR) is 71.3 cm³/mol. The van der Waals surface area contributed by atoms with Gasteiger partial charge in [0.1, 0.15) is 0 Å². The van der Waals surface area contributed by atoms with Gasteiger partial charge in [-0.1, -0.05) is 19.3 Å². The van der Waals surface area contributed by atoms with Gasteiger partial charge in [-0.25, -0.2) is 0 Å². The van der Waals surface area contributed by atoms with E-state index in [0.717, 1.165) is 38.0 Å². The largest absolute Gasteiger partial charge is 0.352 e. The first-order chi connectivity index (χ1) is 8.81. The van der Waals surface area contributed by atoms with Crippen molar-refractivity contribution in [2.24, 2.45) is 11.8 Å². The van der Waals surface area contributed by atoms with Gasteiger partial charge in [0.25, 0.3) is 0 Å². The van der Waals surface area contributed by atoms with E-state index in [-0.39, 0.29) is 5.91 Å². The highest BCUT2D eigenvalue weighted by Crippen LogP contribution is 2.25. The van der Waals surface area contributed by atoms with Gasteiger partial charge >= 0.3 is 0 Å². The molecule has 1 aliphatic carbocycles. The third-order valence-electron chi connectivity index (χ3n) is 4.80. The number of nitrogens with zero attached hydrogens (tertiary/aromatic N) is 1. The van der Waals surface area contributed by atoms with Gasteiger partial charge < -0.3 is 10.6 Å². The SMILES string of the molecule is O=C(CN1CC2CNCC2C1)NC1CCCCC1. The lowest BCUT2D eigenvalue weighted by Crippen LogP contribution is -2.42. The van der Waals surface area contributed by atoms with E-state index in [1.54, 1.807) is 0 Å². The molecule has 2 unspecified atom stereocenters. The average molecular weight is 251 g/mol. The third kappa shape index (κ3) is 2.86. The van der Waals surface area contributed by atoms with Crippen LogP contribution >= 0.6 is 0 Å². The van der Waals surface area contributed by atoms with E-state index in [4.69, 9.17) is 0 Å². The van der Waals surface area contributed by atoms with Crippen molar-refractivity contribution >= 4 is 5.91 Å². The summed E-state index contributed by atoms with van der Waals surface area (Å²) in [5.74, 6) is 1.81. The second-order valence-corrected chi connectivity index (χ2v) is 6.27. The summed E-state index contributed by atoms with van der Waals surface area (Å²) in [6.45, 7) is 5.12. The zero-order chi connectivity index (χ0) is 12.4. The Hall–Kier alpha value is -0.610. The highest BCUT2D eigenvalue weighted by atomic mass is 16.2. The molecule has 0 aromatic carbocycles. The molecule has 0 spiro atoms. The van der Waals surface area contributed by atoms with Crippen LogP contribution in [0.3, 0.4) is 0 Å². The summed E-state index contributed by atoms with van der Waals surface area (Å²) in [6, 6.07) is 0.454. The van der Waals surface area contributed by atoms with E-state index in [2.05, 4.69) is 15.5 Å². The number of nitrogens with one attached hydrogen (secondary N) is 2. The standard InChI is InChI=1S/C14H25N3O/c18-14(16-13-4-2-1-3-5-13)10-17-8-11-6-15-7-12(11)9-17/h11-13,15H,1-10H2,(H,16,18). The highest BCUT2D eigenvalue weighted by Gasteiger charge is 2.36. The molecule has 2 N–H and O–H groups in total. The summed E-state index contributed by atoms with van der Waals surface area (Å²) < 4.78 is 0. The maximum atomic E-state index is 12.0. The molecule has 1 amide bonds. The highest BCUT2D eigenvalue weighted by molar-refractivity contribution is 5.78. The Balaban J connectivity index is 1.41. The van der Waals surface area contributed by atoms with Crippen molar-refractivity contribution in [3.63, 3.8) is 0 Å². The first kappa shape index (κ1) is 12.4. The van der Waals surface area contributed by atoms with Crippen molar-refractivity contribution in [1.29, 1.82) is 0 Å². The smallest absolute Gasteiger partial charge is 0.234 e. The van der Waals surface area contributed by atoms with Crippen LogP contribution in [0.15, 0.2) is 0 Å². The van der Waals surface area contributed by atoms with Crippen LogP contribution in [0.2, 0.25) is 0 Å². The Morgan fingerprint density at radius 2 is 1.78 bits per heavy atom. The minimum Gasteiger partial charge on any atom is -0.352 e. The van der Waals surface area contributed by atoms with E-state index in [1.165, 1.54) is 32.1 Å². The summed E-state index contributed by atoms with van der Waals surface area (Å²) in [7, 11) is 0. The van der Waals surface area contributed by atoms with Gasteiger partial charge in [-0.3, -0.25) is 9.69 Å². The van der Waals surface area contributed by atoms with E-state index in [9.17, 15) is 4.79 Å². The van der Waals surface area contributed by atoms with Gasteiger partial charge in [0, 0.05) is 19.1 Å². The molecule has 102 valence electrons. The molecule has 0 bridgehead atoms. The van der Waals surface area contributed by atoms with Crippen LogP contribution in [0.4, 0.5) is 0 Å². The number of fused-ring (bicyclic) bond motifs is 1. The summed E-state index contributed by atoms with van der Waals surface area (Å²) in [5.41, 5.74) is 0. The first-order valence-corrected chi connectivity index (χ1v) is 7.53. The molecule has 0 aromatic heterocycles. The summed E-state index contributed by atoms with van der Waals surface area (Å²) in [4.78, 5) is 14.4. The maximum Gasteiger partial charge on any atom is 0.234 e. The van der Waals surface area contributed by atoms with Crippen LogP contribution < -0.4 is 10.6 Å². The Kier molecular flexibility index (Phi) is 3.85. The molecule has 3 aliphatic rings. The van der Waals surface area contributed by atoms with E-state index in [1.807, 2.05) is 0 Å². The molecule has 2 heterocycles. The second-order valence-electron chi connectivity index (χ2n) is 6.27. The summed E-state index contributed by atoms with van der Waals surface area (Å²) in [6.07, 6.45) is 6.27. The van der Waals surface area contributed by atoms with Crippen LogP contribution in [0.5, 0.6) is 0 Å². The van der Waals surface area contributed by atoms with Gasteiger partial charge in [-0.15, -0.1) is 0 Å². The molecular formula is C14H25N3O. The van der Waals surface area contributed by atoms with Crippen LogP contribution in [-0.2, 0) is 4.79 Å². The number of carbonyl (C=O) groups excluding carboxylic acids is 1. The molecular weight excluding hydrogens is 226 g/mol. The van der Waals surface area contributed by atoms with Gasteiger partial charge in [0.2, 0.25) is 5.91 Å². The third-order valence-corrected chi connectivity index (χ3v) is 4.80. The van der Waals surface area contributed by atoms with Crippen LogP contribution in [0.1, 0.15) is 32.1 Å². The molecule has 2 saturated heterocycles. The molecule has 3 fully saturated rings. The number of amides is 1. The minimum absolute atomic E-state index is 0.245. The molecule has 4 heteroatoms. The molecule has 2 atom stereocenters. The minimum atomic E-state index is 0.245. The van der Waals surface area contributed by atoms with Gasteiger partial charge in [-0.2, -0.15) is 0 Å². The van der Waals surface area contributed by atoms with Crippen LogP contribution in [0, 0.1) is 11.8 Å². The van der Waals surface area contributed by atoms with Crippen LogP contribution in [-0.4, -0.2) is 49.6 Å². The summed E-state index contributed by atoms with van der Waals surface area (Å²) >= 11 is 0. The number of rotatable bonds is 3. The molecule has 18 heavy (non-hydrogen) atoms. The average Bonchev–Trinajstić information content (AvgIpc) is 2.90. The fraction of sp³-hybridized carbons (Fsp3) is 0.929. The predicted octanol–water partition coefficient (Wildman–Crippen LogP) is 0.587. The lowest BCUT2D eigenvalue weighted by molar-refractivity contribution is -0.123. The van der Waals surface area contributed by atoms with E-state index in [0.29, 0.717) is 12.6 Å². The zero-order valence-electron chi connectivity index (χ0n) is 11.2. The Morgan fingerprint density at radius 3 is 2.44 bits per heavy atom. The summed E-state index contributed by atoms with van der Waals surface area (Å²) in [5, 5.41) is 6.65. The second kappa shape index (κ2) is 5.57. The van der Waals surface area contributed by atoms with Gasteiger partial charge in [0.05, 0.1) is 6.54 Å². The van der Waals surface area contributed by atoms with Crippen molar-refractivity contribution in [1.82, 2.24) is 15.5 Å². The first-order valence-electron chi connectivity index (χ1n) is 7.53. The Labute approximate surface area is 109 Å². The molecule has 3 rings (SSSR count). The Morgan fingerprint density at radius 1 is 1.11 bits per heavy atom. The molecule has 1 saturated carbocycles. The number of hydrogen-bond donors (Lipinski definition) is 2. The van der Waals surface area contributed by atoms with Crippen molar-refractivity contribution in [2.75, 3.05) is 32.7 Å². The van der Waals surface area contributed by atoms with Crippen molar-refractivity contribution < 1.29 is 4.79 Å². The van der Waals surface area contributed by atoms with Gasteiger partial charge in [-0.05, 0) is 37.8 Å². The van der Waals surface area contributed by atoms with Crippen LogP contribution in [0.25, 0.3) is 0 Å². The van der Waals surface area contributed by atoms with Crippen molar-refractivity contribution in [3.8, 4) is 0 Å². The zero-order valence-corrected chi connectivity index (χ0v) is 11.2. The normalized spacial score (nSPS) is 33.6. The number of likely N-dealkylation sites (tertiary alicyclic amines) is 1. The molecule has 2 aliphatic heterocycles. The van der Waals surface area contributed by atoms with E-state index < -0.39 is 0 Å². The molecule has 0 radical (unpaired) electrons. The lowest BCUT2D eigenvalue weighted by Gasteiger charge is -2.24. The fourth-order valence-electron chi connectivity index (χ4n) is 3.80. The quantitative estimate of drug-likeness (QED) is 0.771. The lowest BCUT2D eigenvalue weighted by atomic mass is 9.95. The van der Waals surface area contributed by atoms with Crippen molar-refractivity contribution in [3.05, 3.63) is 0 Å². The monoisotopic (exact) mass is 251 g/mol. The number of hydrogen-bond acceptors (Lipinski definition) is 3. The van der Waals surface area contributed by atoms with Crippen molar-refractivity contribution in [2.45, 2.75) is 38.1 Å². The fourth-order valence-corrected chi connectivity index (χ4v) is 3.80. The molecule has 4 nitrogen and oxygen atoms in total. The number of carbonyl (C=O) groups is 1.